The fraction of sp³-hybridized carbons (Fsp3) is 0.0476. The molecule has 0 atom stereocenters. The molecule has 0 saturated heterocycles. The minimum Gasteiger partial charge on any atom is -0.316 e. The average molecular weight is 865 g/mol. The van der Waals surface area contributed by atoms with Crippen LogP contribution in [0.5, 0.6) is 0 Å². The third-order valence-corrected chi connectivity index (χ3v) is 13.9. The van der Waals surface area contributed by atoms with Gasteiger partial charge in [0.1, 0.15) is 0 Å². The lowest BCUT2D eigenvalue weighted by atomic mass is 9.97. The zero-order chi connectivity index (χ0) is 44.2. The van der Waals surface area contributed by atoms with Gasteiger partial charge >= 0.3 is 0 Å². The predicted molar refractivity (Wildman–Crippen MR) is 286 cm³/mol. The monoisotopic (exact) mass is 864 g/mol. The van der Waals surface area contributed by atoms with E-state index in [2.05, 4.69) is 271 Å². The SMILES string of the molecule is C/C=C\C=C/c1cn(-c2ccccc2)c2ccc(C3=CCC=C(N(c4ccc(-c5cccc(-c6cccc7c6sc6ccccc67)c5)cc4)c4ccc(C5C=CC=CC=C5)cc4)C=C3)cc12. The second-order valence-corrected chi connectivity index (χ2v) is 17.8. The molecule has 66 heavy (non-hydrogen) atoms. The summed E-state index contributed by atoms with van der Waals surface area (Å²) in [6.45, 7) is 2.05. The van der Waals surface area contributed by atoms with Gasteiger partial charge in [0.2, 0.25) is 0 Å². The second-order valence-electron chi connectivity index (χ2n) is 16.8. The summed E-state index contributed by atoms with van der Waals surface area (Å²) in [5.74, 6) is 0.230. The third kappa shape index (κ3) is 8.06. The van der Waals surface area contributed by atoms with Gasteiger partial charge in [0.15, 0.2) is 0 Å². The molecule has 0 radical (unpaired) electrons. The molecule has 0 amide bonds. The summed E-state index contributed by atoms with van der Waals surface area (Å²) < 4.78 is 4.95. The molecule has 2 heterocycles. The maximum Gasteiger partial charge on any atom is 0.0535 e. The van der Waals surface area contributed by atoms with E-state index >= 15 is 0 Å². The van der Waals surface area contributed by atoms with E-state index in [0.717, 1.165) is 29.2 Å². The summed E-state index contributed by atoms with van der Waals surface area (Å²) in [6, 6.07) is 60.1. The normalized spacial score (nSPS) is 14.1. The van der Waals surface area contributed by atoms with Crippen LogP contribution in [0.2, 0.25) is 0 Å². The Kier molecular flexibility index (Phi) is 11.3. The topological polar surface area (TPSA) is 8.17 Å². The molecule has 2 nitrogen and oxygen atoms in total. The lowest BCUT2D eigenvalue weighted by molar-refractivity contribution is 1.08. The first kappa shape index (κ1) is 40.8. The molecule has 2 aliphatic rings. The Morgan fingerprint density at radius 3 is 2.12 bits per heavy atom. The molecule has 0 bridgehead atoms. The molecule has 9 aromatic rings. The minimum atomic E-state index is 0.230. The van der Waals surface area contributed by atoms with Crippen LogP contribution in [0.15, 0.2) is 255 Å². The Morgan fingerprint density at radius 2 is 1.30 bits per heavy atom. The van der Waals surface area contributed by atoms with Crippen molar-refractivity contribution in [3.8, 4) is 27.9 Å². The van der Waals surface area contributed by atoms with Crippen LogP contribution in [0.3, 0.4) is 0 Å². The molecule has 2 aromatic heterocycles. The van der Waals surface area contributed by atoms with Gasteiger partial charge in [-0.15, -0.1) is 11.3 Å². The minimum absolute atomic E-state index is 0.230. The molecule has 0 N–H and O–H groups in total. The van der Waals surface area contributed by atoms with Gasteiger partial charge in [-0.05, 0) is 119 Å². The van der Waals surface area contributed by atoms with Crippen molar-refractivity contribution in [1.29, 1.82) is 0 Å². The Bertz CT molecular complexity index is 3470. The number of benzene rings is 7. The third-order valence-electron chi connectivity index (χ3n) is 12.7. The van der Waals surface area contributed by atoms with Crippen molar-refractivity contribution in [3.63, 3.8) is 0 Å². The highest BCUT2D eigenvalue weighted by Crippen LogP contribution is 2.41. The number of thiophene rings is 1. The van der Waals surface area contributed by atoms with Crippen molar-refractivity contribution in [3.05, 3.63) is 271 Å². The van der Waals surface area contributed by atoms with Crippen LogP contribution < -0.4 is 4.90 Å². The number of hydrogen-bond acceptors (Lipinski definition) is 2. The van der Waals surface area contributed by atoms with Crippen LogP contribution in [0.25, 0.3) is 70.7 Å². The first-order chi connectivity index (χ1) is 32.7. The van der Waals surface area contributed by atoms with Gasteiger partial charge in [-0.2, -0.15) is 0 Å². The van der Waals surface area contributed by atoms with Gasteiger partial charge in [-0.3, -0.25) is 0 Å². The number of fused-ring (bicyclic) bond motifs is 4. The Hall–Kier alpha value is -7.98. The lowest BCUT2D eigenvalue weighted by Gasteiger charge is -2.27. The second kappa shape index (κ2) is 18.3. The molecule has 0 aliphatic heterocycles. The largest absolute Gasteiger partial charge is 0.316 e. The molecule has 2 aliphatic carbocycles. The van der Waals surface area contributed by atoms with Crippen molar-refractivity contribution in [2.45, 2.75) is 19.3 Å². The first-order valence-corrected chi connectivity index (χ1v) is 23.6. The molecule has 0 unspecified atom stereocenters. The van der Waals surface area contributed by atoms with E-state index in [1.807, 2.05) is 11.3 Å². The highest BCUT2D eigenvalue weighted by molar-refractivity contribution is 7.26. The standard InChI is InChI=1S/C63H48N2S/c1-2-3-7-19-52-44-64(53-23-10-6-11-24-53)61-41-35-50(43-60(52)61)46-20-15-25-54(36-30-46)65(55-37-31-47(32-38-55)45-17-8-4-5-9-18-45)56-39-33-48(34-40-56)49-21-14-22-51(42-49)57-27-16-28-59-58-26-12-13-29-62(58)66-63(57)59/h2-14,16-45H,15H2,1H3/b3-2-,19-7-. The van der Waals surface area contributed by atoms with Gasteiger partial charge in [-0.1, -0.05) is 182 Å². The quantitative estimate of drug-likeness (QED) is 0.124. The van der Waals surface area contributed by atoms with Crippen molar-refractivity contribution < 1.29 is 0 Å². The number of aromatic nitrogens is 1. The molecular weight excluding hydrogens is 817 g/mol. The lowest BCUT2D eigenvalue weighted by Crippen LogP contribution is -2.15. The van der Waals surface area contributed by atoms with Crippen molar-refractivity contribution in [2.75, 3.05) is 4.90 Å². The Labute approximate surface area is 391 Å². The Balaban J connectivity index is 0.930. The number of anilines is 2. The summed E-state index contributed by atoms with van der Waals surface area (Å²) >= 11 is 1.88. The van der Waals surface area contributed by atoms with Crippen molar-refractivity contribution >= 4 is 65.4 Å². The van der Waals surface area contributed by atoms with E-state index in [0.29, 0.717) is 0 Å². The molecule has 7 aromatic carbocycles. The molecular formula is C63H48N2S. The number of hydrogen-bond donors (Lipinski definition) is 0. The highest BCUT2D eigenvalue weighted by atomic mass is 32.1. The molecule has 0 spiro atoms. The summed E-state index contributed by atoms with van der Waals surface area (Å²) in [6.07, 6.45) is 33.7. The molecule has 316 valence electrons. The first-order valence-electron chi connectivity index (χ1n) is 22.8. The zero-order valence-corrected chi connectivity index (χ0v) is 37.7. The maximum atomic E-state index is 2.40. The van der Waals surface area contributed by atoms with E-state index < -0.39 is 0 Å². The zero-order valence-electron chi connectivity index (χ0n) is 36.8. The molecule has 0 fully saturated rings. The van der Waals surface area contributed by atoms with Crippen LogP contribution in [0.1, 0.15) is 36.0 Å². The van der Waals surface area contributed by atoms with Crippen molar-refractivity contribution in [1.82, 2.24) is 4.57 Å². The van der Waals surface area contributed by atoms with Gasteiger partial charge in [0, 0.05) is 66.0 Å². The van der Waals surface area contributed by atoms with Crippen molar-refractivity contribution in [2.24, 2.45) is 0 Å². The number of rotatable bonds is 10. The summed E-state index contributed by atoms with van der Waals surface area (Å²) in [7, 11) is 0. The molecule has 3 heteroatoms. The fourth-order valence-corrected chi connectivity index (χ4v) is 10.6. The Morgan fingerprint density at radius 1 is 0.576 bits per heavy atom. The summed E-state index contributed by atoms with van der Waals surface area (Å²) in [5.41, 5.74) is 15.4. The smallest absolute Gasteiger partial charge is 0.0535 e. The maximum absolute atomic E-state index is 2.40. The van der Waals surface area contributed by atoms with Crippen LogP contribution in [-0.2, 0) is 0 Å². The average Bonchev–Trinajstić information content (AvgIpc) is 3.66. The van der Waals surface area contributed by atoms with Gasteiger partial charge in [-0.25, -0.2) is 0 Å². The van der Waals surface area contributed by atoms with Crippen LogP contribution >= 0.6 is 11.3 Å². The van der Waals surface area contributed by atoms with E-state index in [4.69, 9.17) is 0 Å². The van der Waals surface area contributed by atoms with E-state index in [9.17, 15) is 0 Å². The summed E-state index contributed by atoms with van der Waals surface area (Å²) in [4.78, 5) is 2.40. The van der Waals surface area contributed by atoms with Gasteiger partial charge < -0.3 is 9.47 Å². The number of allylic oxidation sites excluding steroid dienone is 14. The van der Waals surface area contributed by atoms with Gasteiger partial charge in [0.25, 0.3) is 0 Å². The fourth-order valence-electron chi connectivity index (χ4n) is 9.36. The number of para-hydroxylation sites is 1. The van der Waals surface area contributed by atoms with Crippen LogP contribution in [-0.4, -0.2) is 4.57 Å². The predicted octanol–water partition coefficient (Wildman–Crippen LogP) is 17.8. The van der Waals surface area contributed by atoms with Gasteiger partial charge in [0.05, 0.1) is 5.52 Å². The van der Waals surface area contributed by atoms with E-state index in [1.54, 1.807) is 0 Å². The summed E-state index contributed by atoms with van der Waals surface area (Å²) in [5, 5.41) is 3.87. The molecule has 11 rings (SSSR count). The van der Waals surface area contributed by atoms with E-state index in [-0.39, 0.29) is 5.92 Å². The van der Waals surface area contributed by atoms with Crippen LogP contribution in [0.4, 0.5) is 11.4 Å². The highest BCUT2D eigenvalue weighted by Gasteiger charge is 2.18. The number of nitrogens with zero attached hydrogens (tertiary/aromatic N) is 2. The van der Waals surface area contributed by atoms with Crippen LogP contribution in [0, 0.1) is 0 Å². The molecule has 0 saturated carbocycles. The van der Waals surface area contributed by atoms with E-state index in [1.165, 1.54) is 75.6 Å².